The minimum atomic E-state index is -0.290. The number of anilines is 1. The molecule has 16 heavy (non-hydrogen) atoms. The predicted molar refractivity (Wildman–Crippen MR) is 66.2 cm³/mol. The van der Waals surface area contributed by atoms with Crippen LogP contribution in [0.3, 0.4) is 0 Å². The Bertz CT molecular complexity index is 572. The Morgan fingerprint density at radius 3 is 2.75 bits per heavy atom. The number of hydrogen-bond donors (Lipinski definition) is 0. The van der Waals surface area contributed by atoms with Gasteiger partial charge >= 0.3 is 5.63 Å². The van der Waals surface area contributed by atoms with E-state index in [9.17, 15) is 4.79 Å². The lowest BCUT2D eigenvalue weighted by atomic mass is 10.1. The number of benzene rings is 1. The summed E-state index contributed by atoms with van der Waals surface area (Å²) in [7, 11) is 2.01. The van der Waals surface area contributed by atoms with Crippen LogP contribution < -0.4 is 10.5 Å². The Kier molecular flexibility index (Phi) is 2.69. The van der Waals surface area contributed by atoms with Crippen LogP contribution in [0, 0.1) is 6.92 Å². The van der Waals surface area contributed by atoms with Crippen molar-refractivity contribution < 1.29 is 4.42 Å². The molecule has 1 aromatic carbocycles. The van der Waals surface area contributed by atoms with Crippen LogP contribution in [-0.4, -0.2) is 13.6 Å². The molecule has 0 atom stereocenters. The zero-order valence-corrected chi connectivity index (χ0v) is 9.78. The zero-order chi connectivity index (χ0) is 11.7. The van der Waals surface area contributed by atoms with Gasteiger partial charge in [-0.15, -0.1) is 0 Å². The fraction of sp³-hybridized carbons (Fsp3) is 0.308. The van der Waals surface area contributed by atoms with E-state index >= 15 is 0 Å². The topological polar surface area (TPSA) is 33.5 Å². The molecule has 1 aromatic heterocycles. The monoisotopic (exact) mass is 217 g/mol. The third kappa shape index (κ3) is 1.81. The van der Waals surface area contributed by atoms with Crippen molar-refractivity contribution in [3.63, 3.8) is 0 Å². The number of aryl methyl sites for hydroxylation is 1. The molecule has 0 aliphatic carbocycles. The van der Waals surface area contributed by atoms with Gasteiger partial charge in [-0.1, -0.05) is 0 Å². The van der Waals surface area contributed by atoms with Gasteiger partial charge in [0.15, 0.2) is 0 Å². The van der Waals surface area contributed by atoms with E-state index in [0.29, 0.717) is 5.58 Å². The number of nitrogens with zero attached hydrogens (tertiary/aromatic N) is 1. The highest BCUT2D eigenvalue weighted by Crippen LogP contribution is 2.22. The first kappa shape index (κ1) is 10.7. The second kappa shape index (κ2) is 4.00. The number of rotatable bonds is 2. The molecule has 84 valence electrons. The minimum Gasteiger partial charge on any atom is -0.423 e. The lowest BCUT2D eigenvalue weighted by Crippen LogP contribution is -2.15. The third-order valence-electron chi connectivity index (χ3n) is 2.85. The van der Waals surface area contributed by atoms with Gasteiger partial charge in [0.1, 0.15) is 5.58 Å². The molecule has 0 bridgehead atoms. The number of fused-ring (bicyclic) bond motifs is 1. The molecule has 0 unspecified atom stereocenters. The van der Waals surface area contributed by atoms with Crippen molar-refractivity contribution in [2.45, 2.75) is 13.8 Å². The molecule has 0 aliphatic heterocycles. The van der Waals surface area contributed by atoms with E-state index in [4.69, 9.17) is 4.42 Å². The summed E-state index contributed by atoms with van der Waals surface area (Å²) in [5.41, 5.74) is 2.38. The molecule has 0 amide bonds. The fourth-order valence-electron chi connectivity index (χ4n) is 1.73. The molecule has 0 radical (unpaired) electrons. The summed E-state index contributed by atoms with van der Waals surface area (Å²) in [5.74, 6) is 0. The summed E-state index contributed by atoms with van der Waals surface area (Å²) in [6, 6.07) is 7.46. The molecule has 2 aromatic rings. The maximum absolute atomic E-state index is 11.3. The molecule has 3 heteroatoms. The molecule has 1 heterocycles. The molecule has 0 saturated carbocycles. The molecule has 0 fully saturated rings. The Hall–Kier alpha value is -1.77. The Morgan fingerprint density at radius 2 is 2.06 bits per heavy atom. The van der Waals surface area contributed by atoms with Crippen LogP contribution in [0.15, 0.2) is 33.5 Å². The fourth-order valence-corrected chi connectivity index (χ4v) is 1.73. The van der Waals surface area contributed by atoms with E-state index in [1.54, 1.807) is 0 Å². The van der Waals surface area contributed by atoms with Crippen molar-refractivity contribution in [1.29, 1.82) is 0 Å². The zero-order valence-electron chi connectivity index (χ0n) is 9.78. The summed E-state index contributed by atoms with van der Waals surface area (Å²) in [4.78, 5) is 13.4. The highest BCUT2D eigenvalue weighted by atomic mass is 16.4. The van der Waals surface area contributed by atoms with Crippen LogP contribution >= 0.6 is 0 Å². The first-order chi connectivity index (χ1) is 7.61. The van der Waals surface area contributed by atoms with Gasteiger partial charge in [-0.05, 0) is 31.5 Å². The normalized spacial score (nSPS) is 10.7. The van der Waals surface area contributed by atoms with E-state index in [2.05, 4.69) is 11.8 Å². The summed E-state index contributed by atoms with van der Waals surface area (Å²) in [5, 5.41) is 0.993. The summed E-state index contributed by atoms with van der Waals surface area (Å²) >= 11 is 0. The maximum Gasteiger partial charge on any atom is 0.336 e. The van der Waals surface area contributed by atoms with Crippen molar-refractivity contribution >= 4 is 16.7 Å². The van der Waals surface area contributed by atoms with Gasteiger partial charge in [0.25, 0.3) is 0 Å². The van der Waals surface area contributed by atoms with Crippen LogP contribution in [0.5, 0.6) is 0 Å². The molecule has 0 spiro atoms. The Labute approximate surface area is 94.3 Å². The Balaban J connectivity index is 2.66. The summed E-state index contributed by atoms with van der Waals surface area (Å²) in [6.07, 6.45) is 0. The predicted octanol–water partition coefficient (Wildman–Crippen LogP) is 2.56. The van der Waals surface area contributed by atoms with Gasteiger partial charge in [-0.2, -0.15) is 0 Å². The van der Waals surface area contributed by atoms with Crippen LogP contribution in [-0.2, 0) is 0 Å². The molecular weight excluding hydrogens is 202 g/mol. The van der Waals surface area contributed by atoms with Gasteiger partial charge < -0.3 is 9.32 Å². The average molecular weight is 217 g/mol. The highest BCUT2D eigenvalue weighted by Gasteiger charge is 2.04. The Morgan fingerprint density at radius 1 is 1.31 bits per heavy atom. The van der Waals surface area contributed by atoms with Crippen LogP contribution in [0.25, 0.3) is 11.0 Å². The van der Waals surface area contributed by atoms with Crippen molar-refractivity contribution in [1.82, 2.24) is 0 Å². The molecule has 3 nitrogen and oxygen atoms in total. The second-order valence-corrected chi connectivity index (χ2v) is 3.94. The lowest BCUT2D eigenvalue weighted by molar-refractivity contribution is 0.560. The standard InChI is InChI=1S/C13H15NO2/c1-4-14(3)10-5-6-11-9(2)7-13(15)16-12(11)8-10/h5-8H,4H2,1-3H3. The van der Waals surface area contributed by atoms with Gasteiger partial charge in [0, 0.05) is 36.8 Å². The largest absolute Gasteiger partial charge is 0.423 e. The van der Waals surface area contributed by atoms with Crippen molar-refractivity contribution in [2.24, 2.45) is 0 Å². The highest BCUT2D eigenvalue weighted by molar-refractivity contribution is 5.83. The van der Waals surface area contributed by atoms with E-state index in [1.165, 1.54) is 6.07 Å². The molecular formula is C13H15NO2. The lowest BCUT2D eigenvalue weighted by Gasteiger charge is -2.16. The van der Waals surface area contributed by atoms with E-state index in [0.717, 1.165) is 23.2 Å². The third-order valence-corrected chi connectivity index (χ3v) is 2.85. The van der Waals surface area contributed by atoms with Crippen LogP contribution in [0.4, 0.5) is 5.69 Å². The molecule has 2 rings (SSSR count). The summed E-state index contributed by atoms with van der Waals surface area (Å²) in [6.45, 7) is 4.92. The van der Waals surface area contributed by atoms with Crippen molar-refractivity contribution in [3.05, 3.63) is 40.2 Å². The summed E-state index contributed by atoms with van der Waals surface area (Å²) < 4.78 is 5.20. The number of hydrogen-bond acceptors (Lipinski definition) is 3. The second-order valence-electron chi connectivity index (χ2n) is 3.94. The van der Waals surface area contributed by atoms with E-state index < -0.39 is 0 Å². The maximum atomic E-state index is 11.3. The van der Waals surface area contributed by atoms with E-state index in [-0.39, 0.29) is 5.63 Å². The SMILES string of the molecule is CCN(C)c1ccc2c(C)cc(=O)oc2c1. The van der Waals surface area contributed by atoms with Crippen LogP contribution in [0.1, 0.15) is 12.5 Å². The van der Waals surface area contributed by atoms with E-state index in [1.807, 2.05) is 32.2 Å². The van der Waals surface area contributed by atoms with Gasteiger partial charge in [0.05, 0.1) is 0 Å². The van der Waals surface area contributed by atoms with Crippen molar-refractivity contribution in [2.75, 3.05) is 18.5 Å². The smallest absolute Gasteiger partial charge is 0.336 e. The average Bonchev–Trinajstić information content (AvgIpc) is 2.27. The van der Waals surface area contributed by atoms with Crippen LogP contribution in [0.2, 0.25) is 0 Å². The molecule has 0 N–H and O–H groups in total. The van der Waals surface area contributed by atoms with Gasteiger partial charge in [-0.3, -0.25) is 0 Å². The van der Waals surface area contributed by atoms with Gasteiger partial charge in [-0.25, -0.2) is 4.79 Å². The van der Waals surface area contributed by atoms with Crippen molar-refractivity contribution in [3.8, 4) is 0 Å². The molecule has 0 aliphatic rings. The quantitative estimate of drug-likeness (QED) is 0.725. The van der Waals surface area contributed by atoms with Gasteiger partial charge in [0.2, 0.25) is 0 Å². The molecule has 0 saturated heterocycles. The first-order valence-electron chi connectivity index (χ1n) is 5.37. The minimum absolute atomic E-state index is 0.290. The first-order valence-corrected chi connectivity index (χ1v) is 5.37.